The van der Waals surface area contributed by atoms with E-state index in [1.54, 1.807) is 18.2 Å². The first-order valence-corrected chi connectivity index (χ1v) is 8.53. The molecule has 28 heavy (non-hydrogen) atoms. The first kappa shape index (κ1) is 21.2. The molecule has 0 fully saturated rings. The van der Waals surface area contributed by atoms with Crippen molar-refractivity contribution >= 4 is 11.6 Å². The van der Waals surface area contributed by atoms with Gasteiger partial charge in [0.2, 0.25) is 0 Å². The lowest BCUT2D eigenvalue weighted by Crippen LogP contribution is -2.24. The molecule has 0 aliphatic rings. The zero-order valence-electron chi connectivity index (χ0n) is 15.5. The summed E-state index contributed by atoms with van der Waals surface area (Å²) >= 11 is 0. The van der Waals surface area contributed by atoms with Crippen molar-refractivity contribution in [3.05, 3.63) is 48.0 Å². The summed E-state index contributed by atoms with van der Waals surface area (Å²) < 4.78 is 52.3. The number of anilines is 1. The maximum Gasteiger partial charge on any atom is 0.573 e. The largest absolute Gasteiger partial charge is 0.573 e. The van der Waals surface area contributed by atoms with Crippen LogP contribution in [0.1, 0.15) is 18.9 Å². The molecule has 9 heteroatoms. The number of ether oxygens (including phenoxy) is 3. The first-order valence-electron chi connectivity index (χ1n) is 8.53. The van der Waals surface area contributed by atoms with E-state index >= 15 is 0 Å². The second kappa shape index (κ2) is 9.72. The molecule has 0 spiro atoms. The molecule has 2 aromatic carbocycles. The van der Waals surface area contributed by atoms with Gasteiger partial charge in [0, 0.05) is 0 Å². The molecular weight excluding hydrogens is 375 g/mol. The lowest BCUT2D eigenvalue weighted by Gasteiger charge is -2.14. The Morgan fingerprint density at radius 3 is 2.54 bits per heavy atom. The summed E-state index contributed by atoms with van der Waals surface area (Å²) in [5, 5.41) is 2.62. The molecule has 0 saturated heterocycles. The average molecular weight is 397 g/mol. The lowest BCUT2D eigenvalue weighted by molar-refractivity contribution is -0.274. The first-order chi connectivity index (χ1) is 13.3. The van der Waals surface area contributed by atoms with Gasteiger partial charge in [0.15, 0.2) is 23.2 Å². The van der Waals surface area contributed by atoms with Crippen LogP contribution >= 0.6 is 0 Å². The Balaban J connectivity index is 2.07. The van der Waals surface area contributed by atoms with Gasteiger partial charge in [-0.05, 0) is 36.2 Å². The Morgan fingerprint density at radius 2 is 1.86 bits per heavy atom. The molecule has 0 aliphatic carbocycles. The van der Waals surface area contributed by atoms with Crippen molar-refractivity contribution in [3.8, 4) is 17.2 Å². The quantitative estimate of drug-likeness (QED) is 0.513. The molecule has 6 nitrogen and oxygen atoms in total. The van der Waals surface area contributed by atoms with Crippen molar-refractivity contribution in [2.75, 3.05) is 19.0 Å². The molecule has 2 aromatic rings. The molecule has 0 amide bonds. The third-order valence-electron chi connectivity index (χ3n) is 3.50. The standard InChI is InChI=1S/C19H22F3N3O3/c1-3-10-27-16-9-8-13(11-17(16)26-2)12-24-18(23)25-14-6-4-5-7-15(14)28-19(20,21)22/h4-9,11H,3,10,12H2,1-2H3,(H3,23,24,25). The normalized spacial score (nSPS) is 11.8. The van der Waals surface area contributed by atoms with Crippen LogP contribution in [0, 0.1) is 0 Å². The van der Waals surface area contributed by atoms with Crippen LogP contribution in [0.15, 0.2) is 47.5 Å². The fourth-order valence-electron chi connectivity index (χ4n) is 2.28. The molecule has 2 rings (SSSR count). The molecule has 0 bridgehead atoms. The second-order valence-electron chi connectivity index (χ2n) is 5.70. The smallest absolute Gasteiger partial charge is 0.493 e. The number of hydrogen-bond acceptors (Lipinski definition) is 4. The minimum Gasteiger partial charge on any atom is -0.493 e. The Morgan fingerprint density at radius 1 is 1.11 bits per heavy atom. The number of nitrogens with one attached hydrogen (secondary N) is 1. The summed E-state index contributed by atoms with van der Waals surface area (Å²) in [6.45, 7) is 2.78. The number of rotatable bonds is 8. The van der Waals surface area contributed by atoms with E-state index in [0.29, 0.717) is 18.1 Å². The van der Waals surface area contributed by atoms with Crippen LogP contribution in [-0.2, 0) is 6.54 Å². The van der Waals surface area contributed by atoms with E-state index in [1.807, 2.05) is 13.0 Å². The van der Waals surface area contributed by atoms with Crippen molar-refractivity contribution in [1.82, 2.24) is 0 Å². The summed E-state index contributed by atoms with van der Waals surface area (Å²) in [6, 6.07) is 10.9. The van der Waals surface area contributed by atoms with Crippen LogP contribution in [0.3, 0.4) is 0 Å². The summed E-state index contributed by atoms with van der Waals surface area (Å²) in [5.41, 5.74) is 6.65. The highest BCUT2D eigenvalue weighted by Crippen LogP contribution is 2.30. The van der Waals surface area contributed by atoms with E-state index in [4.69, 9.17) is 15.2 Å². The Bertz CT molecular complexity index is 810. The highest BCUT2D eigenvalue weighted by atomic mass is 19.4. The molecule has 0 unspecified atom stereocenters. The maximum absolute atomic E-state index is 12.5. The number of hydrogen-bond donors (Lipinski definition) is 2. The van der Waals surface area contributed by atoms with Crippen LogP contribution in [0.25, 0.3) is 0 Å². The van der Waals surface area contributed by atoms with E-state index in [-0.39, 0.29) is 18.2 Å². The molecule has 0 aromatic heterocycles. The van der Waals surface area contributed by atoms with Gasteiger partial charge in [-0.25, -0.2) is 4.99 Å². The molecule has 0 saturated carbocycles. The van der Waals surface area contributed by atoms with Gasteiger partial charge >= 0.3 is 6.36 Å². The fraction of sp³-hybridized carbons (Fsp3) is 0.316. The molecule has 0 heterocycles. The maximum atomic E-state index is 12.5. The highest BCUT2D eigenvalue weighted by molar-refractivity contribution is 5.93. The SMILES string of the molecule is CCCOc1ccc(CN=C(N)Nc2ccccc2OC(F)(F)F)cc1OC. The topological polar surface area (TPSA) is 78.1 Å². The van der Waals surface area contributed by atoms with Crippen LogP contribution in [0.4, 0.5) is 18.9 Å². The summed E-state index contributed by atoms with van der Waals surface area (Å²) in [6.07, 6.45) is -3.93. The minimum atomic E-state index is -4.80. The Labute approximate surface area is 161 Å². The van der Waals surface area contributed by atoms with Crippen molar-refractivity contribution in [2.45, 2.75) is 26.3 Å². The predicted octanol–water partition coefficient (Wildman–Crippen LogP) is 4.31. The molecule has 0 atom stereocenters. The Kier molecular flexibility index (Phi) is 7.36. The molecular formula is C19H22F3N3O3. The number of para-hydroxylation sites is 2. The number of benzene rings is 2. The van der Waals surface area contributed by atoms with Gasteiger partial charge in [0.25, 0.3) is 0 Å². The molecule has 0 radical (unpaired) electrons. The van der Waals surface area contributed by atoms with Crippen LogP contribution in [0.5, 0.6) is 17.2 Å². The van der Waals surface area contributed by atoms with E-state index in [1.165, 1.54) is 25.3 Å². The lowest BCUT2D eigenvalue weighted by atomic mass is 10.2. The second-order valence-corrected chi connectivity index (χ2v) is 5.70. The van der Waals surface area contributed by atoms with Gasteiger partial charge in [-0.15, -0.1) is 13.2 Å². The number of halogens is 3. The van der Waals surface area contributed by atoms with Gasteiger partial charge < -0.3 is 25.3 Å². The molecule has 0 aliphatic heterocycles. The van der Waals surface area contributed by atoms with Gasteiger partial charge in [-0.3, -0.25) is 0 Å². The monoisotopic (exact) mass is 397 g/mol. The fourth-order valence-corrected chi connectivity index (χ4v) is 2.28. The van der Waals surface area contributed by atoms with Crippen LogP contribution in [0.2, 0.25) is 0 Å². The van der Waals surface area contributed by atoms with Crippen molar-refractivity contribution < 1.29 is 27.4 Å². The average Bonchev–Trinajstić information content (AvgIpc) is 2.65. The number of nitrogens with two attached hydrogens (primary N) is 1. The zero-order chi connectivity index (χ0) is 20.6. The van der Waals surface area contributed by atoms with Gasteiger partial charge in [-0.2, -0.15) is 0 Å². The predicted molar refractivity (Wildman–Crippen MR) is 101 cm³/mol. The number of methoxy groups -OCH3 is 1. The van der Waals surface area contributed by atoms with Crippen molar-refractivity contribution in [2.24, 2.45) is 10.7 Å². The van der Waals surface area contributed by atoms with Crippen LogP contribution < -0.4 is 25.3 Å². The number of guanidine groups is 1. The van der Waals surface area contributed by atoms with E-state index in [9.17, 15) is 13.2 Å². The minimum absolute atomic E-state index is 0.0523. The van der Waals surface area contributed by atoms with Crippen LogP contribution in [-0.4, -0.2) is 26.0 Å². The van der Waals surface area contributed by atoms with Gasteiger partial charge in [-0.1, -0.05) is 25.1 Å². The van der Waals surface area contributed by atoms with E-state index in [0.717, 1.165) is 12.0 Å². The summed E-state index contributed by atoms with van der Waals surface area (Å²) in [4.78, 5) is 4.14. The van der Waals surface area contributed by atoms with Crippen molar-refractivity contribution in [1.29, 1.82) is 0 Å². The van der Waals surface area contributed by atoms with E-state index < -0.39 is 12.1 Å². The summed E-state index contributed by atoms with van der Waals surface area (Å²) in [5.74, 6) is 0.744. The number of alkyl halides is 3. The van der Waals surface area contributed by atoms with Gasteiger partial charge in [0.05, 0.1) is 25.9 Å². The number of aliphatic imine (C=N–C) groups is 1. The Hall–Kier alpha value is -3.10. The van der Waals surface area contributed by atoms with Crippen molar-refractivity contribution in [3.63, 3.8) is 0 Å². The zero-order valence-corrected chi connectivity index (χ0v) is 15.5. The molecule has 3 N–H and O–H groups in total. The summed E-state index contributed by atoms with van der Waals surface area (Å²) in [7, 11) is 1.54. The number of nitrogens with zero attached hydrogens (tertiary/aromatic N) is 1. The van der Waals surface area contributed by atoms with Gasteiger partial charge in [0.1, 0.15) is 0 Å². The van der Waals surface area contributed by atoms with E-state index in [2.05, 4.69) is 15.0 Å². The third-order valence-corrected chi connectivity index (χ3v) is 3.50. The third kappa shape index (κ3) is 6.57. The molecule has 152 valence electrons. The highest BCUT2D eigenvalue weighted by Gasteiger charge is 2.32.